The van der Waals surface area contributed by atoms with Crippen LogP contribution in [0.4, 0.5) is 10.2 Å². The SMILES string of the molecule is Cc1ccn2c(NC(C)(C)C)c(-c3ccc(OC(=O)c4cccc(F)c4)cc3)nc2c1. The number of imidazole rings is 1. The highest BCUT2D eigenvalue weighted by molar-refractivity contribution is 5.91. The van der Waals surface area contributed by atoms with Crippen LogP contribution in [0.25, 0.3) is 16.9 Å². The van der Waals surface area contributed by atoms with Crippen molar-refractivity contribution in [2.24, 2.45) is 0 Å². The molecule has 0 atom stereocenters. The molecule has 0 unspecified atom stereocenters. The van der Waals surface area contributed by atoms with Gasteiger partial charge in [-0.15, -0.1) is 0 Å². The summed E-state index contributed by atoms with van der Waals surface area (Å²) < 4.78 is 20.8. The second-order valence-corrected chi connectivity index (χ2v) is 8.54. The third kappa shape index (κ3) is 4.58. The maximum atomic E-state index is 13.4. The van der Waals surface area contributed by atoms with Crippen LogP contribution in [0.2, 0.25) is 0 Å². The standard InChI is InChI=1S/C25H24FN3O2/c1-16-12-13-29-21(14-16)27-22(23(29)28-25(2,3)4)17-8-10-20(11-9-17)31-24(30)18-6-5-7-19(26)15-18/h5-15,28H,1-4H3. The number of ether oxygens (including phenoxy) is 1. The van der Waals surface area contributed by atoms with Gasteiger partial charge in [-0.05, 0) is 87.9 Å². The Kier molecular flexibility index (Phi) is 5.23. The van der Waals surface area contributed by atoms with Crippen molar-refractivity contribution in [1.82, 2.24) is 9.38 Å². The highest BCUT2D eigenvalue weighted by Crippen LogP contribution is 2.32. The Labute approximate surface area is 180 Å². The zero-order valence-electron chi connectivity index (χ0n) is 17.9. The molecule has 5 nitrogen and oxygen atoms in total. The number of esters is 1. The van der Waals surface area contributed by atoms with E-state index in [1.54, 1.807) is 12.1 Å². The molecule has 0 aliphatic rings. The lowest BCUT2D eigenvalue weighted by atomic mass is 10.1. The highest BCUT2D eigenvalue weighted by atomic mass is 19.1. The van der Waals surface area contributed by atoms with Crippen LogP contribution in [-0.2, 0) is 0 Å². The molecule has 0 bridgehead atoms. The maximum Gasteiger partial charge on any atom is 0.343 e. The van der Waals surface area contributed by atoms with Gasteiger partial charge in [0.25, 0.3) is 0 Å². The minimum Gasteiger partial charge on any atom is -0.423 e. The summed E-state index contributed by atoms with van der Waals surface area (Å²) in [7, 11) is 0. The normalized spacial score (nSPS) is 11.5. The smallest absolute Gasteiger partial charge is 0.343 e. The minimum atomic E-state index is -0.606. The second kappa shape index (κ2) is 7.87. The van der Waals surface area contributed by atoms with E-state index in [0.717, 1.165) is 34.4 Å². The summed E-state index contributed by atoms with van der Waals surface area (Å²) in [5, 5.41) is 3.54. The first-order valence-electron chi connectivity index (χ1n) is 10.0. The van der Waals surface area contributed by atoms with Crippen LogP contribution >= 0.6 is 0 Å². The van der Waals surface area contributed by atoms with Crippen molar-refractivity contribution in [2.45, 2.75) is 33.2 Å². The number of carbonyl (C=O) groups is 1. The number of hydrogen-bond acceptors (Lipinski definition) is 4. The van der Waals surface area contributed by atoms with Crippen molar-refractivity contribution >= 4 is 17.4 Å². The summed E-state index contributed by atoms with van der Waals surface area (Å²) in [4.78, 5) is 17.1. The van der Waals surface area contributed by atoms with Crippen molar-refractivity contribution in [2.75, 3.05) is 5.32 Å². The molecular weight excluding hydrogens is 393 g/mol. The Bertz CT molecular complexity index is 1250. The number of benzene rings is 2. The molecule has 0 saturated carbocycles. The number of carbonyl (C=O) groups excluding carboxylic acids is 1. The predicted octanol–water partition coefficient (Wildman–Crippen LogP) is 5.88. The van der Waals surface area contributed by atoms with Crippen molar-refractivity contribution in [3.05, 3.63) is 83.8 Å². The van der Waals surface area contributed by atoms with E-state index in [4.69, 9.17) is 9.72 Å². The molecule has 0 amide bonds. The molecule has 2 aromatic heterocycles. The summed E-state index contributed by atoms with van der Waals surface area (Å²) in [6.45, 7) is 8.32. The van der Waals surface area contributed by atoms with Crippen LogP contribution in [-0.4, -0.2) is 20.9 Å². The summed E-state index contributed by atoms with van der Waals surface area (Å²) in [5.41, 5.74) is 3.68. The first-order chi connectivity index (χ1) is 14.7. The molecule has 0 aliphatic carbocycles. The van der Waals surface area contributed by atoms with Gasteiger partial charge in [0.05, 0.1) is 5.56 Å². The Hall–Kier alpha value is -3.67. The van der Waals surface area contributed by atoms with E-state index in [-0.39, 0.29) is 11.1 Å². The molecule has 31 heavy (non-hydrogen) atoms. The average Bonchev–Trinajstić information content (AvgIpc) is 3.04. The first kappa shape index (κ1) is 20.6. The fraction of sp³-hybridized carbons (Fsp3) is 0.200. The van der Waals surface area contributed by atoms with Gasteiger partial charge < -0.3 is 10.1 Å². The summed E-state index contributed by atoms with van der Waals surface area (Å²) in [6.07, 6.45) is 2.00. The molecule has 2 aromatic carbocycles. The number of nitrogens with zero attached hydrogens (tertiary/aromatic N) is 2. The molecule has 4 aromatic rings. The first-order valence-corrected chi connectivity index (χ1v) is 10.0. The van der Waals surface area contributed by atoms with Crippen LogP contribution in [0.5, 0.6) is 5.75 Å². The minimum absolute atomic E-state index is 0.157. The van der Waals surface area contributed by atoms with Gasteiger partial charge in [0, 0.05) is 17.3 Å². The lowest BCUT2D eigenvalue weighted by Gasteiger charge is -2.22. The van der Waals surface area contributed by atoms with Gasteiger partial charge in [-0.1, -0.05) is 6.07 Å². The number of aromatic nitrogens is 2. The van der Waals surface area contributed by atoms with Crippen LogP contribution in [0.3, 0.4) is 0 Å². The van der Waals surface area contributed by atoms with Gasteiger partial charge in [0.1, 0.15) is 28.7 Å². The molecule has 6 heteroatoms. The summed E-state index contributed by atoms with van der Waals surface area (Å²) >= 11 is 0. The monoisotopic (exact) mass is 417 g/mol. The van der Waals surface area contributed by atoms with E-state index in [1.807, 2.05) is 41.8 Å². The number of hydrogen-bond donors (Lipinski definition) is 1. The Balaban J connectivity index is 1.65. The number of halogens is 1. The molecule has 4 rings (SSSR count). The van der Waals surface area contributed by atoms with Gasteiger partial charge in [0.2, 0.25) is 0 Å². The van der Waals surface area contributed by atoms with E-state index in [2.05, 4.69) is 26.1 Å². The van der Waals surface area contributed by atoms with Crippen molar-refractivity contribution in [1.29, 1.82) is 0 Å². The lowest BCUT2D eigenvalue weighted by molar-refractivity contribution is 0.0734. The Morgan fingerprint density at radius 1 is 1.06 bits per heavy atom. The van der Waals surface area contributed by atoms with Gasteiger partial charge in [0.15, 0.2) is 0 Å². The predicted molar refractivity (Wildman–Crippen MR) is 120 cm³/mol. The Morgan fingerprint density at radius 3 is 2.48 bits per heavy atom. The number of aryl methyl sites for hydroxylation is 1. The quantitative estimate of drug-likeness (QED) is 0.333. The molecule has 0 fully saturated rings. The van der Waals surface area contributed by atoms with Crippen LogP contribution in [0, 0.1) is 12.7 Å². The van der Waals surface area contributed by atoms with Crippen LogP contribution in [0.1, 0.15) is 36.7 Å². The molecule has 0 radical (unpaired) electrons. The van der Waals surface area contributed by atoms with Crippen LogP contribution < -0.4 is 10.1 Å². The van der Waals surface area contributed by atoms with E-state index < -0.39 is 11.8 Å². The van der Waals surface area contributed by atoms with Crippen LogP contribution in [0.15, 0.2) is 66.9 Å². The fourth-order valence-corrected chi connectivity index (χ4v) is 3.28. The number of rotatable bonds is 4. The van der Waals surface area contributed by atoms with E-state index >= 15 is 0 Å². The number of pyridine rings is 1. The second-order valence-electron chi connectivity index (χ2n) is 8.54. The zero-order valence-corrected chi connectivity index (χ0v) is 17.9. The lowest BCUT2D eigenvalue weighted by Crippen LogP contribution is -2.27. The van der Waals surface area contributed by atoms with E-state index in [9.17, 15) is 9.18 Å². The van der Waals surface area contributed by atoms with Crippen molar-refractivity contribution in [3.63, 3.8) is 0 Å². The van der Waals surface area contributed by atoms with E-state index in [1.165, 1.54) is 18.2 Å². The molecule has 0 saturated heterocycles. The molecule has 158 valence electrons. The topological polar surface area (TPSA) is 55.6 Å². The summed E-state index contributed by atoms with van der Waals surface area (Å²) in [5.74, 6) is 0.186. The molecule has 2 heterocycles. The molecule has 0 spiro atoms. The molecule has 1 N–H and O–H groups in total. The highest BCUT2D eigenvalue weighted by Gasteiger charge is 2.19. The average molecular weight is 417 g/mol. The van der Waals surface area contributed by atoms with Gasteiger partial charge in [-0.25, -0.2) is 14.2 Å². The van der Waals surface area contributed by atoms with E-state index in [0.29, 0.717) is 5.75 Å². The Morgan fingerprint density at radius 2 is 1.81 bits per heavy atom. The number of nitrogens with one attached hydrogen (secondary N) is 1. The third-order valence-electron chi connectivity index (χ3n) is 4.67. The largest absolute Gasteiger partial charge is 0.423 e. The number of anilines is 1. The van der Waals surface area contributed by atoms with Gasteiger partial charge in [-0.3, -0.25) is 4.40 Å². The number of fused-ring (bicyclic) bond motifs is 1. The van der Waals surface area contributed by atoms with Crippen molar-refractivity contribution < 1.29 is 13.9 Å². The third-order valence-corrected chi connectivity index (χ3v) is 4.67. The fourth-order valence-electron chi connectivity index (χ4n) is 3.28. The van der Waals surface area contributed by atoms with Crippen molar-refractivity contribution in [3.8, 4) is 17.0 Å². The maximum absolute atomic E-state index is 13.4. The zero-order chi connectivity index (χ0) is 22.2. The van der Waals surface area contributed by atoms with Gasteiger partial charge >= 0.3 is 5.97 Å². The summed E-state index contributed by atoms with van der Waals surface area (Å²) in [6, 6.07) is 16.6. The molecule has 0 aliphatic heterocycles. The molecular formula is C25H24FN3O2. The van der Waals surface area contributed by atoms with Gasteiger partial charge in [-0.2, -0.15) is 0 Å².